The number of carbonyl (C=O) groups excluding carboxylic acids is 1. The quantitative estimate of drug-likeness (QED) is 0.445. The number of likely N-dealkylation sites (N-methyl/N-ethyl adjacent to an activating group) is 1. The molecule has 25 heavy (non-hydrogen) atoms. The van der Waals surface area contributed by atoms with E-state index in [4.69, 9.17) is 11.6 Å². The van der Waals surface area contributed by atoms with Gasteiger partial charge in [-0.05, 0) is 31.4 Å². The Balaban J connectivity index is 2.03. The molecule has 6 heteroatoms. The highest BCUT2D eigenvalue weighted by Crippen LogP contribution is 2.49. The Labute approximate surface area is 155 Å². The minimum atomic E-state index is -0.0383. The summed E-state index contributed by atoms with van der Waals surface area (Å²) in [4.78, 5) is 17.7. The highest BCUT2D eigenvalue weighted by Gasteiger charge is 2.45. The third-order valence-electron chi connectivity index (χ3n) is 4.32. The second-order valence-electron chi connectivity index (χ2n) is 6.88. The molecule has 1 fully saturated rings. The molecule has 0 atom stereocenters. The fourth-order valence-electron chi connectivity index (χ4n) is 2.53. The molecule has 0 bridgehead atoms. The Hall–Kier alpha value is -2.01. The van der Waals surface area contributed by atoms with Crippen molar-refractivity contribution in [2.24, 2.45) is 4.99 Å². The van der Waals surface area contributed by atoms with Crippen LogP contribution in [0.1, 0.15) is 25.3 Å². The maximum Gasteiger partial charge on any atom is 0.243 e. The van der Waals surface area contributed by atoms with Crippen molar-refractivity contribution in [3.8, 4) is 0 Å². The summed E-state index contributed by atoms with van der Waals surface area (Å²) in [6.07, 6.45) is 2.18. The van der Waals surface area contributed by atoms with Gasteiger partial charge in [0.2, 0.25) is 5.91 Å². The number of rotatable bonds is 7. The van der Waals surface area contributed by atoms with Crippen molar-refractivity contribution in [1.29, 1.82) is 0 Å². The zero-order valence-corrected chi connectivity index (χ0v) is 16.0. The average Bonchev–Trinajstić information content (AvgIpc) is 3.34. The summed E-state index contributed by atoms with van der Waals surface area (Å²) < 4.78 is 0. The van der Waals surface area contributed by atoms with Gasteiger partial charge in [-0.15, -0.1) is 0 Å². The van der Waals surface area contributed by atoms with E-state index >= 15 is 0 Å². The number of carbonyl (C=O) groups is 1. The van der Waals surface area contributed by atoms with Crippen LogP contribution in [0.4, 0.5) is 0 Å². The van der Waals surface area contributed by atoms with Crippen molar-refractivity contribution in [3.63, 3.8) is 0 Å². The maximum absolute atomic E-state index is 11.8. The number of nitrogens with zero attached hydrogens (tertiary/aromatic N) is 2. The summed E-state index contributed by atoms with van der Waals surface area (Å²) in [6, 6.07) is 7.99. The standard InChI is InChI=1S/C19H27ClN4O/c1-14(2)11-21-18(22-12-17(25)24(3)4)23-13-19(9-10-19)15-7-5-6-8-16(15)20/h5-8H,1,9-13H2,2-4H3,(H2,21,22,23). The number of nitrogens with one attached hydrogen (secondary N) is 2. The first-order valence-corrected chi connectivity index (χ1v) is 8.83. The summed E-state index contributed by atoms with van der Waals surface area (Å²) in [5, 5.41) is 7.39. The van der Waals surface area contributed by atoms with Crippen LogP contribution in [0, 0.1) is 0 Å². The summed E-state index contributed by atoms with van der Waals surface area (Å²) >= 11 is 6.37. The van der Waals surface area contributed by atoms with Gasteiger partial charge in [-0.1, -0.05) is 42.0 Å². The SMILES string of the molecule is C=C(C)CNC(=NCC(=O)N(C)C)NCC1(c2ccccc2Cl)CC1. The molecule has 5 nitrogen and oxygen atoms in total. The normalized spacial score (nSPS) is 15.4. The molecule has 0 radical (unpaired) electrons. The Morgan fingerprint density at radius 2 is 2.00 bits per heavy atom. The first kappa shape index (κ1) is 19.3. The Morgan fingerprint density at radius 1 is 1.32 bits per heavy atom. The van der Waals surface area contributed by atoms with Crippen LogP contribution in [0.3, 0.4) is 0 Å². The van der Waals surface area contributed by atoms with E-state index in [-0.39, 0.29) is 17.9 Å². The lowest BCUT2D eigenvalue weighted by Crippen LogP contribution is -2.42. The van der Waals surface area contributed by atoms with Crippen LogP contribution in [0.25, 0.3) is 0 Å². The molecular formula is C19H27ClN4O. The lowest BCUT2D eigenvalue weighted by molar-refractivity contribution is -0.127. The third kappa shape index (κ3) is 5.49. The molecule has 1 aromatic rings. The molecule has 2 N–H and O–H groups in total. The van der Waals surface area contributed by atoms with Crippen molar-refractivity contribution < 1.29 is 4.79 Å². The molecule has 2 rings (SSSR count). The predicted octanol–water partition coefficient (Wildman–Crippen LogP) is 2.57. The van der Waals surface area contributed by atoms with Gasteiger partial charge in [0.05, 0.1) is 0 Å². The zero-order valence-electron chi connectivity index (χ0n) is 15.2. The van der Waals surface area contributed by atoms with E-state index in [1.807, 2.05) is 25.1 Å². The largest absolute Gasteiger partial charge is 0.355 e. The fraction of sp³-hybridized carbons (Fsp3) is 0.474. The van der Waals surface area contributed by atoms with Gasteiger partial charge in [0.1, 0.15) is 6.54 Å². The number of guanidine groups is 1. The number of halogens is 1. The number of amides is 1. The topological polar surface area (TPSA) is 56.7 Å². The molecular weight excluding hydrogens is 336 g/mol. The molecule has 1 amide bonds. The number of hydrogen-bond acceptors (Lipinski definition) is 2. The van der Waals surface area contributed by atoms with Crippen LogP contribution in [0.5, 0.6) is 0 Å². The summed E-state index contributed by atoms with van der Waals surface area (Å²) in [5.74, 6) is 0.584. The smallest absolute Gasteiger partial charge is 0.243 e. The Kier molecular flexibility index (Phi) is 6.48. The number of aliphatic imine (C=N–C) groups is 1. The zero-order chi connectivity index (χ0) is 18.4. The monoisotopic (exact) mass is 362 g/mol. The van der Waals surface area contributed by atoms with E-state index in [1.54, 1.807) is 14.1 Å². The van der Waals surface area contributed by atoms with Gasteiger partial charge in [0, 0.05) is 37.6 Å². The van der Waals surface area contributed by atoms with Crippen molar-refractivity contribution >= 4 is 23.5 Å². The first-order valence-electron chi connectivity index (χ1n) is 8.46. The molecule has 0 spiro atoms. The van der Waals surface area contributed by atoms with Crippen LogP contribution in [0.2, 0.25) is 5.02 Å². The second kappa shape index (κ2) is 8.39. The lowest BCUT2D eigenvalue weighted by atomic mass is 9.96. The molecule has 1 aliphatic carbocycles. The summed E-state index contributed by atoms with van der Waals surface area (Å²) in [6.45, 7) is 7.29. The van der Waals surface area contributed by atoms with Crippen molar-refractivity contribution in [3.05, 3.63) is 47.0 Å². The van der Waals surface area contributed by atoms with Gasteiger partial charge in [0.15, 0.2) is 5.96 Å². The maximum atomic E-state index is 11.8. The van der Waals surface area contributed by atoms with Crippen molar-refractivity contribution in [1.82, 2.24) is 15.5 Å². The third-order valence-corrected chi connectivity index (χ3v) is 4.65. The van der Waals surface area contributed by atoms with Gasteiger partial charge in [-0.2, -0.15) is 0 Å². The first-order chi connectivity index (χ1) is 11.8. The van der Waals surface area contributed by atoms with Gasteiger partial charge >= 0.3 is 0 Å². The van der Waals surface area contributed by atoms with E-state index in [2.05, 4.69) is 28.3 Å². The van der Waals surface area contributed by atoms with Crippen molar-refractivity contribution in [2.75, 3.05) is 33.7 Å². The highest BCUT2D eigenvalue weighted by atomic mass is 35.5. The van der Waals surface area contributed by atoms with Crippen LogP contribution >= 0.6 is 11.6 Å². The van der Waals surface area contributed by atoms with Crippen LogP contribution in [-0.4, -0.2) is 50.5 Å². The second-order valence-corrected chi connectivity index (χ2v) is 7.28. The van der Waals surface area contributed by atoms with Crippen LogP contribution < -0.4 is 10.6 Å². The van der Waals surface area contributed by atoms with Gasteiger partial charge in [-0.25, -0.2) is 4.99 Å². The summed E-state index contributed by atoms with van der Waals surface area (Å²) in [5.41, 5.74) is 2.23. The van der Waals surface area contributed by atoms with Crippen molar-refractivity contribution in [2.45, 2.75) is 25.2 Å². The number of hydrogen-bond donors (Lipinski definition) is 2. The fourth-order valence-corrected chi connectivity index (χ4v) is 2.87. The molecule has 1 aromatic carbocycles. The van der Waals surface area contributed by atoms with E-state index in [9.17, 15) is 4.79 Å². The highest BCUT2D eigenvalue weighted by molar-refractivity contribution is 6.31. The van der Waals surface area contributed by atoms with E-state index in [0.717, 1.165) is 30.0 Å². The molecule has 0 unspecified atom stereocenters. The minimum absolute atomic E-state index is 0.0383. The van der Waals surface area contributed by atoms with E-state index < -0.39 is 0 Å². The van der Waals surface area contributed by atoms with Gasteiger partial charge in [0.25, 0.3) is 0 Å². The van der Waals surface area contributed by atoms with Crippen LogP contribution in [-0.2, 0) is 10.2 Å². The molecule has 1 aliphatic rings. The number of benzene rings is 1. The predicted molar refractivity (Wildman–Crippen MR) is 104 cm³/mol. The van der Waals surface area contributed by atoms with Gasteiger partial charge in [-0.3, -0.25) is 4.79 Å². The Bertz CT molecular complexity index is 665. The molecule has 136 valence electrons. The van der Waals surface area contributed by atoms with Crippen LogP contribution in [0.15, 0.2) is 41.4 Å². The van der Waals surface area contributed by atoms with E-state index in [1.165, 1.54) is 10.5 Å². The minimum Gasteiger partial charge on any atom is -0.355 e. The van der Waals surface area contributed by atoms with Gasteiger partial charge < -0.3 is 15.5 Å². The average molecular weight is 363 g/mol. The molecule has 0 aliphatic heterocycles. The molecule has 0 heterocycles. The lowest BCUT2D eigenvalue weighted by Gasteiger charge is -2.20. The summed E-state index contributed by atoms with van der Waals surface area (Å²) in [7, 11) is 3.45. The Morgan fingerprint density at radius 3 is 2.56 bits per heavy atom. The van der Waals surface area contributed by atoms with E-state index in [0.29, 0.717) is 12.5 Å². The molecule has 0 aromatic heterocycles. The molecule has 1 saturated carbocycles. The molecule has 0 saturated heterocycles.